The van der Waals surface area contributed by atoms with Gasteiger partial charge in [0.25, 0.3) is 0 Å². The molecule has 154 valence electrons. The summed E-state index contributed by atoms with van der Waals surface area (Å²) < 4.78 is 0. The van der Waals surface area contributed by atoms with Crippen molar-refractivity contribution in [3.63, 3.8) is 0 Å². The molecule has 2 aromatic heterocycles. The highest BCUT2D eigenvalue weighted by Gasteiger charge is 2.28. The summed E-state index contributed by atoms with van der Waals surface area (Å²) in [4.78, 5) is 32.9. The number of likely N-dealkylation sites (N-methyl/N-ethyl adjacent to an activating group) is 1. The fourth-order valence-electron chi connectivity index (χ4n) is 4.26. The van der Waals surface area contributed by atoms with Crippen molar-refractivity contribution in [3.05, 3.63) is 36.4 Å². The molecule has 1 atom stereocenters. The third kappa shape index (κ3) is 4.40. The smallest absolute Gasteiger partial charge is 0.225 e. The van der Waals surface area contributed by atoms with Crippen LogP contribution in [0.4, 0.5) is 5.95 Å². The predicted octanol–water partition coefficient (Wildman–Crippen LogP) is 2.41. The van der Waals surface area contributed by atoms with Crippen LogP contribution in [-0.4, -0.2) is 77.0 Å². The Kier molecular flexibility index (Phi) is 6.04. The topological polar surface area (TPSA) is 65.5 Å². The van der Waals surface area contributed by atoms with Gasteiger partial charge in [0.15, 0.2) is 0 Å². The molecular formula is C22H30N6O. The Morgan fingerprint density at radius 1 is 1.14 bits per heavy atom. The van der Waals surface area contributed by atoms with E-state index in [9.17, 15) is 4.79 Å². The quantitative estimate of drug-likeness (QED) is 0.793. The van der Waals surface area contributed by atoms with Crippen LogP contribution in [-0.2, 0) is 4.79 Å². The normalized spacial score (nSPS) is 20.7. The van der Waals surface area contributed by atoms with Gasteiger partial charge in [0, 0.05) is 75.8 Å². The van der Waals surface area contributed by atoms with Crippen LogP contribution in [0.3, 0.4) is 0 Å². The van der Waals surface area contributed by atoms with Crippen LogP contribution in [0.25, 0.3) is 11.1 Å². The Bertz CT molecular complexity index is 834. The van der Waals surface area contributed by atoms with Crippen molar-refractivity contribution >= 4 is 11.9 Å². The number of hydrogen-bond acceptors (Lipinski definition) is 6. The van der Waals surface area contributed by atoms with Crippen LogP contribution >= 0.6 is 0 Å². The number of carbonyl (C=O) groups excluding carboxylic acids is 1. The lowest BCUT2D eigenvalue weighted by Crippen LogP contribution is -2.45. The van der Waals surface area contributed by atoms with Gasteiger partial charge >= 0.3 is 0 Å². The molecule has 0 spiro atoms. The zero-order chi connectivity index (χ0) is 20.2. The lowest BCUT2D eigenvalue weighted by Gasteiger charge is -2.35. The molecule has 0 radical (unpaired) electrons. The van der Waals surface area contributed by atoms with Crippen molar-refractivity contribution in [2.45, 2.75) is 32.1 Å². The van der Waals surface area contributed by atoms with Crippen LogP contribution in [0, 0.1) is 0 Å². The van der Waals surface area contributed by atoms with E-state index in [2.05, 4.69) is 21.8 Å². The Balaban J connectivity index is 1.68. The van der Waals surface area contributed by atoms with E-state index in [0.29, 0.717) is 6.42 Å². The summed E-state index contributed by atoms with van der Waals surface area (Å²) in [6.45, 7) is 7.45. The SMILES string of the molecule is CCC(=O)N1CCCC(c2nc(N3CCN(C)CC3)ncc2-c2ccncc2)C1. The second kappa shape index (κ2) is 8.86. The molecule has 0 bridgehead atoms. The molecule has 2 saturated heterocycles. The fourth-order valence-corrected chi connectivity index (χ4v) is 4.26. The van der Waals surface area contributed by atoms with Crippen LogP contribution < -0.4 is 4.90 Å². The minimum Gasteiger partial charge on any atom is -0.342 e. The zero-order valence-corrected chi connectivity index (χ0v) is 17.4. The standard InChI is InChI=1S/C22H30N6O/c1-3-20(29)28-10-4-5-18(16-28)21-19(17-6-8-23-9-7-17)15-24-22(25-21)27-13-11-26(2)12-14-27/h6-9,15,18H,3-5,10-14,16H2,1-2H3. The van der Waals surface area contributed by atoms with Gasteiger partial charge in [0.2, 0.25) is 11.9 Å². The molecule has 1 unspecified atom stereocenters. The third-order valence-corrected chi connectivity index (χ3v) is 6.05. The molecular weight excluding hydrogens is 364 g/mol. The van der Waals surface area contributed by atoms with Crippen molar-refractivity contribution < 1.29 is 4.79 Å². The van der Waals surface area contributed by atoms with Crippen LogP contribution in [0.15, 0.2) is 30.7 Å². The van der Waals surface area contributed by atoms with Crippen molar-refractivity contribution in [1.82, 2.24) is 24.8 Å². The van der Waals surface area contributed by atoms with Gasteiger partial charge in [-0.25, -0.2) is 9.97 Å². The number of aromatic nitrogens is 3. The van der Waals surface area contributed by atoms with Gasteiger partial charge < -0.3 is 14.7 Å². The Morgan fingerprint density at radius 3 is 2.62 bits per heavy atom. The van der Waals surface area contributed by atoms with Crippen molar-refractivity contribution in [3.8, 4) is 11.1 Å². The molecule has 2 aliphatic rings. The van der Waals surface area contributed by atoms with E-state index in [0.717, 1.165) is 74.9 Å². The number of nitrogens with zero attached hydrogens (tertiary/aromatic N) is 6. The number of rotatable bonds is 4. The molecule has 29 heavy (non-hydrogen) atoms. The molecule has 0 saturated carbocycles. The van der Waals surface area contributed by atoms with Crippen LogP contribution in [0.5, 0.6) is 0 Å². The van der Waals surface area contributed by atoms with E-state index in [4.69, 9.17) is 9.97 Å². The number of pyridine rings is 1. The second-order valence-electron chi connectivity index (χ2n) is 8.03. The first-order chi connectivity index (χ1) is 14.2. The summed E-state index contributed by atoms with van der Waals surface area (Å²) in [7, 11) is 2.15. The minimum atomic E-state index is 0.230. The van der Waals surface area contributed by atoms with Gasteiger partial charge in [0.05, 0.1) is 5.69 Å². The lowest BCUT2D eigenvalue weighted by molar-refractivity contribution is -0.132. The second-order valence-corrected chi connectivity index (χ2v) is 8.03. The maximum atomic E-state index is 12.3. The molecule has 0 aromatic carbocycles. The molecule has 2 fully saturated rings. The predicted molar refractivity (Wildman–Crippen MR) is 114 cm³/mol. The number of likely N-dealkylation sites (tertiary alicyclic amines) is 1. The third-order valence-electron chi connectivity index (χ3n) is 6.05. The van der Waals surface area contributed by atoms with Gasteiger partial charge in [-0.15, -0.1) is 0 Å². The largest absolute Gasteiger partial charge is 0.342 e. The summed E-state index contributed by atoms with van der Waals surface area (Å²) in [6.07, 6.45) is 8.19. The Morgan fingerprint density at radius 2 is 1.90 bits per heavy atom. The van der Waals surface area contributed by atoms with E-state index in [-0.39, 0.29) is 11.8 Å². The van der Waals surface area contributed by atoms with E-state index in [1.54, 1.807) is 12.4 Å². The maximum Gasteiger partial charge on any atom is 0.225 e. The van der Waals surface area contributed by atoms with Gasteiger partial charge in [0.1, 0.15) is 0 Å². The van der Waals surface area contributed by atoms with Crippen LogP contribution in [0.2, 0.25) is 0 Å². The molecule has 2 aromatic rings. The highest BCUT2D eigenvalue weighted by Crippen LogP contribution is 2.34. The molecule has 2 aliphatic heterocycles. The summed E-state index contributed by atoms with van der Waals surface area (Å²) in [5.41, 5.74) is 3.20. The van der Waals surface area contributed by atoms with E-state index in [1.807, 2.05) is 30.2 Å². The molecule has 7 heteroatoms. The first-order valence-electron chi connectivity index (χ1n) is 10.6. The first kappa shape index (κ1) is 19.8. The van der Waals surface area contributed by atoms with E-state index >= 15 is 0 Å². The van der Waals surface area contributed by atoms with Gasteiger partial charge in [-0.1, -0.05) is 6.92 Å². The number of amides is 1. The number of piperazine rings is 1. The Hall–Kier alpha value is -2.54. The number of hydrogen-bond donors (Lipinski definition) is 0. The fraction of sp³-hybridized carbons (Fsp3) is 0.545. The lowest BCUT2D eigenvalue weighted by atomic mass is 9.90. The summed E-state index contributed by atoms with van der Waals surface area (Å²) in [5, 5.41) is 0. The molecule has 1 amide bonds. The molecule has 7 nitrogen and oxygen atoms in total. The Labute approximate surface area is 172 Å². The summed E-state index contributed by atoms with van der Waals surface area (Å²) in [6, 6.07) is 4.02. The van der Waals surface area contributed by atoms with Gasteiger partial charge in [-0.2, -0.15) is 0 Å². The zero-order valence-electron chi connectivity index (χ0n) is 17.4. The molecule has 4 heterocycles. The first-order valence-corrected chi connectivity index (χ1v) is 10.6. The van der Waals surface area contributed by atoms with Gasteiger partial charge in [-0.3, -0.25) is 9.78 Å². The highest BCUT2D eigenvalue weighted by atomic mass is 16.2. The molecule has 4 rings (SSSR count). The van der Waals surface area contributed by atoms with E-state index in [1.165, 1.54) is 0 Å². The van der Waals surface area contributed by atoms with Crippen molar-refractivity contribution in [2.75, 3.05) is 51.2 Å². The number of piperidine rings is 1. The average Bonchev–Trinajstić information content (AvgIpc) is 2.79. The van der Waals surface area contributed by atoms with Crippen LogP contribution in [0.1, 0.15) is 37.8 Å². The highest BCUT2D eigenvalue weighted by molar-refractivity contribution is 5.76. The summed E-state index contributed by atoms with van der Waals surface area (Å²) in [5.74, 6) is 1.27. The molecule has 0 aliphatic carbocycles. The number of anilines is 1. The van der Waals surface area contributed by atoms with Crippen molar-refractivity contribution in [2.24, 2.45) is 0 Å². The summed E-state index contributed by atoms with van der Waals surface area (Å²) >= 11 is 0. The maximum absolute atomic E-state index is 12.3. The van der Waals surface area contributed by atoms with Gasteiger partial charge in [-0.05, 0) is 37.6 Å². The minimum absolute atomic E-state index is 0.230. The van der Waals surface area contributed by atoms with Crippen molar-refractivity contribution in [1.29, 1.82) is 0 Å². The van der Waals surface area contributed by atoms with E-state index < -0.39 is 0 Å². The average molecular weight is 395 g/mol. The monoisotopic (exact) mass is 394 g/mol. The number of carbonyl (C=O) groups is 1. The molecule has 0 N–H and O–H groups in total.